The molecule has 0 saturated heterocycles. The summed E-state index contributed by atoms with van der Waals surface area (Å²) in [5, 5.41) is 15.9. The Morgan fingerprint density at radius 3 is 2.78 bits per heavy atom. The van der Waals surface area contributed by atoms with E-state index >= 15 is 0 Å². The molecular weight excluding hydrogens is 234 g/mol. The van der Waals surface area contributed by atoms with Crippen LogP contribution in [-0.2, 0) is 0 Å². The standard InChI is InChI=1S/C12H13N3O3/c1-8-14-12(18-15-8)11(17)13-7-10(16)9-5-3-2-4-6-9/h2-6,10,16H,7H2,1H3,(H,13,17)/t10-/m0/s1. The van der Waals surface area contributed by atoms with Gasteiger partial charge in [0.05, 0.1) is 6.10 Å². The highest BCUT2D eigenvalue weighted by Gasteiger charge is 2.15. The molecule has 0 spiro atoms. The van der Waals surface area contributed by atoms with Crippen molar-refractivity contribution in [1.82, 2.24) is 15.5 Å². The number of aryl methyl sites for hydroxylation is 1. The molecule has 1 heterocycles. The van der Waals surface area contributed by atoms with Crippen molar-refractivity contribution in [2.24, 2.45) is 0 Å². The molecule has 1 amide bonds. The fraction of sp³-hybridized carbons (Fsp3) is 0.250. The molecule has 0 aliphatic rings. The Kier molecular flexibility index (Phi) is 3.69. The molecule has 0 aliphatic heterocycles. The molecule has 0 fully saturated rings. The number of rotatable bonds is 4. The van der Waals surface area contributed by atoms with Crippen molar-refractivity contribution in [1.29, 1.82) is 0 Å². The zero-order chi connectivity index (χ0) is 13.0. The first-order valence-corrected chi connectivity index (χ1v) is 5.48. The van der Waals surface area contributed by atoms with Crippen molar-refractivity contribution in [3.05, 3.63) is 47.6 Å². The summed E-state index contributed by atoms with van der Waals surface area (Å²) in [7, 11) is 0. The van der Waals surface area contributed by atoms with Crippen molar-refractivity contribution in [3.63, 3.8) is 0 Å². The van der Waals surface area contributed by atoms with E-state index in [1.807, 2.05) is 18.2 Å². The predicted octanol–water partition coefficient (Wildman–Crippen LogP) is 0.841. The Morgan fingerprint density at radius 1 is 1.44 bits per heavy atom. The van der Waals surface area contributed by atoms with E-state index in [-0.39, 0.29) is 12.4 Å². The molecule has 6 nitrogen and oxygen atoms in total. The normalized spacial score (nSPS) is 12.1. The summed E-state index contributed by atoms with van der Waals surface area (Å²) in [6.07, 6.45) is -0.765. The molecule has 1 aromatic carbocycles. The maximum atomic E-state index is 11.6. The smallest absolute Gasteiger partial charge is 0.315 e. The molecule has 0 saturated carbocycles. The van der Waals surface area contributed by atoms with Gasteiger partial charge in [-0.2, -0.15) is 4.98 Å². The topological polar surface area (TPSA) is 88.2 Å². The van der Waals surface area contributed by atoms with E-state index in [4.69, 9.17) is 4.52 Å². The van der Waals surface area contributed by atoms with E-state index in [1.165, 1.54) is 0 Å². The highest BCUT2D eigenvalue weighted by atomic mass is 16.5. The molecule has 0 unspecified atom stereocenters. The van der Waals surface area contributed by atoms with Crippen LogP contribution in [-0.4, -0.2) is 27.7 Å². The van der Waals surface area contributed by atoms with Crippen LogP contribution in [0.4, 0.5) is 0 Å². The molecule has 18 heavy (non-hydrogen) atoms. The lowest BCUT2D eigenvalue weighted by Gasteiger charge is -2.10. The van der Waals surface area contributed by atoms with Gasteiger partial charge in [-0.3, -0.25) is 4.79 Å². The van der Waals surface area contributed by atoms with E-state index in [9.17, 15) is 9.90 Å². The van der Waals surface area contributed by atoms with Crippen LogP contribution >= 0.6 is 0 Å². The second-order valence-electron chi connectivity index (χ2n) is 3.78. The number of hydrogen-bond donors (Lipinski definition) is 2. The molecular formula is C12H13N3O3. The second kappa shape index (κ2) is 5.42. The van der Waals surface area contributed by atoms with Gasteiger partial charge in [-0.15, -0.1) is 0 Å². The van der Waals surface area contributed by atoms with Gasteiger partial charge in [0.2, 0.25) is 0 Å². The summed E-state index contributed by atoms with van der Waals surface area (Å²) in [5.74, 6) is -0.206. The van der Waals surface area contributed by atoms with Gasteiger partial charge in [0.1, 0.15) is 0 Å². The lowest BCUT2D eigenvalue weighted by atomic mass is 10.1. The molecule has 6 heteroatoms. The third-order valence-electron chi connectivity index (χ3n) is 2.36. The van der Waals surface area contributed by atoms with Crippen LogP contribution in [0.2, 0.25) is 0 Å². The molecule has 2 N–H and O–H groups in total. The third-order valence-corrected chi connectivity index (χ3v) is 2.36. The first-order valence-electron chi connectivity index (χ1n) is 5.48. The van der Waals surface area contributed by atoms with Gasteiger partial charge >= 0.3 is 11.8 Å². The molecule has 2 rings (SSSR count). The summed E-state index contributed by atoms with van der Waals surface area (Å²) in [6, 6.07) is 9.07. The van der Waals surface area contributed by atoms with Crippen LogP contribution in [0.3, 0.4) is 0 Å². The summed E-state index contributed by atoms with van der Waals surface area (Å²) in [6.45, 7) is 1.71. The van der Waals surface area contributed by atoms with Crippen molar-refractivity contribution in [2.45, 2.75) is 13.0 Å². The predicted molar refractivity (Wildman–Crippen MR) is 62.8 cm³/mol. The van der Waals surface area contributed by atoms with Gasteiger partial charge in [0.15, 0.2) is 5.82 Å². The highest BCUT2D eigenvalue weighted by Crippen LogP contribution is 2.10. The third kappa shape index (κ3) is 2.92. The van der Waals surface area contributed by atoms with Crippen LogP contribution < -0.4 is 5.32 Å². The Labute approximate surface area is 104 Å². The first-order chi connectivity index (χ1) is 8.66. The van der Waals surface area contributed by atoms with Crippen molar-refractivity contribution in [3.8, 4) is 0 Å². The zero-order valence-electron chi connectivity index (χ0n) is 9.83. The van der Waals surface area contributed by atoms with Crippen molar-refractivity contribution in [2.75, 3.05) is 6.54 Å². The Balaban J connectivity index is 1.90. The van der Waals surface area contributed by atoms with E-state index in [1.54, 1.807) is 19.1 Å². The van der Waals surface area contributed by atoms with Crippen LogP contribution in [0.25, 0.3) is 0 Å². The molecule has 0 radical (unpaired) electrons. The van der Waals surface area contributed by atoms with Gasteiger partial charge in [-0.1, -0.05) is 35.5 Å². The van der Waals surface area contributed by atoms with Gasteiger partial charge in [0, 0.05) is 6.54 Å². The summed E-state index contributed by atoms with van der Waals surface area (Å²) < 4.78 is 4.71. The van der Waals surface area contributed by atoms with Crippen molar-refractivity contribution >= 4 is 5.91 Å². The molecule has 1 atom stereocenters. The van der Waals surface area contributed by atoms with E-state index in [0.717, 1.165) is 5.56 Å². The zero-order valence-corrected chi connectivity index (χ0v) is 9.83. The average molecular weight is 247 g/mol. The number of benzene rings is 1. The van der Waals surface area contributed by atoms with E-state index < -0.39 is 12.0 Å². The van der Waals surface area contributed by atoms with Crippen LogP contribution in [0.5, 0.6) is 0 Å². The minimum atomic E-state index is -0.765. The van der Waals surface area contributed by atoms with Gasteiger partial charge in [0.25, 0.3) is 0 Å². The number of carbonyl (C=O) groups is 1. The number of aromatic nitrogens is 2. The maximum absolute atomic E-state index is 11.6. The summed E-state index contributed by atoms with van der Waals surface area (Å²) >= 11 is 0. The fourth-order valence-electron chi connectivity index (χ4n) is 1.45. The molecule has 0 aliphatic carbocycles. The first kappa shape index (κ1) is 12.3. The largest absolute Gasteiger partial charge is 0.387 e. The number of amides is 1. The quantitative estimate of drug-likeness (QED) is 0.835. The number of hydrogen-bond acceptors (Lipinski definition) is 5. The Morgan fingerprint density at radius 2 is 2.17 bits per heavy atom. The average Bonchev–Trinajstić information content (AvgIpc) is 2.83. The van der Waals surface area contributed by atoms with Gasteiger partial charge in [-0.25, -0.2) is 0 Å². The van der Waals surface area contributed by atoms with Crippen LogP contribution in [0, 0.1) is 6.92 Å². The van der Waals surface area contributed by atoms with Crippen molar-refractivity contribution < 1.29 is 14.4 Å². The second-order valence-corrected chi connectivity index (χ2v) is 3.78. The number of nitrogens with one attached hydrogen (secondary N) is 1. The maximum Gasteiger partial charge on any atom is 0.315 e. The minimum Gasteiger partial charge on any atom is -0.387 e. The van der Waals surface area contributed by atoms with Gasteiger partial charge in [-0.05, 0) is 12.5 Å². The lowest BCUT2D eigenvalue weighted by molar-refractivity contribution is 0.0873. The van der Waals surface area contributed by atoms with E-state index in [0.29, 0.717) is 5.82 Å². The molecule has 94 valence electrons. The fourth-order valence-corrected chi connectivity index (χ4v) is 1.45. The number of nitrogens with zero attached hydrogens (tertiary/aromatic N) is 2. The SMILES string of the molecule is Cc1noc(C(=O)NC[C@H](O)c2ccccc2)n1. The number of aliphatic hydroxyl groups excluding tert-OH is 1. The van der Waals surface area contributed by atoms with E-state index in [2.05, 4.69) is 15.5 Å². The van der Waals surface area contributed by atoms with Crippen LogP contribution in [0.15, 0.2) is 34.9 Å². The summed E-state index contributed by atoms with van der Waals surface area (Å²) in [4.78, 5) is 15.4. The Hall–Kier alpha value is -2.21. The van der Waals surface area contributed by atoms with Gasteiger partial charge < -0.3 is 14.9 Å². The minimum absolute atomic E-state index is 0.0876. The highest BCUT2D eigenvalue weighted by molar-refractivity contribution is 5.89. The Bertz CT molecular complexity index is 524. The lowest BCUT2D eigenvalue weighted by Crippen LogP contribution is -2.28. The molecule has 1 aromatic heterocycles. The molecule has 2 aromatic rings. The summed E-state index contributed by atoms with van der Waals surface area (Å²) in [5.41, 5.74) is 0.736. The van der Waals surface area contributed by atoms with Crippen LogP contribution in [0.1, 0.15) is 28.2 Å². The monoisotopic (exact) mass is 247 g/mol. The number of aliphatic hydroxyl groups is 1. The number of carbonyl (C=O) groups excluding carboxylic acids is 1. The molecule has 0 bridgehead atoms.